The van der Waals surface area contributed by atoms with E-state index in [4.69, 9.17) is 22.4 Å². The zero-order valence-corrected chi connectivity index (χ0v) is 24.0. The van der Waals surface area contributed by atoms with Crippen LogP contribution in [0.1, 0.15) is 55.5 Å². The van der Waals surface area contributed by atoms with E-state index in [0.717, 1.165) is 18.2 Å². The summed E-state index contributed by atoms with van der Waals surface area (Å²) >= 11 is 5.89. The molecule has 0 fully saturated rings. The predicted molar refractivity (Wildman–Crippen MR) is 161 cm³/mol. The van der Waals surface area contributed by atoms with Gasteiger partial charge in [0.1, 0.15) is 5.82 Å². The summed E-state index contributed by atoms with van der Waals surface area (Å²) in [7, 11) is 0. The molecule has 11 heteroatoms. The van der Waals surface area contributed by atoms with Crippen molar-refractivity contribution >= 4 is 52.4 Å². The highest BCUT2D eigenvalue weighted by atomic mass is 35.5. The van der Waals surface area contributed by atoms with Gasteiger partial charge in [-0.15, -0.1) is 0 Å². The summed E-state index contributed by atoms with van der Waals surface area (Å²) < 4.78 is 29.3. The Labute approximate surface area is 251 Å². The van der Waals surface area contributed by atoms with E-state index < -0.39 is 29.6 Å². The van der Waals surface area contributed by atoms with Gasteiger partial charge in [-0.05, 0) is 78.4 Å². The fourth-order valence-electron chi connectivity index (χ4n) is 5.53. The summed E-state index contributed by atoms with van der Waals surface area (Å²) in [5.74, 6) is -3.80. The highest BCUT2D eigenvalue weighted by Gasteiger charge is 2.31. The first-order chi connectivity index (χ1) is 20.5. The van der Waals surface area contributed by atoms with Gasteiger partial charge in [-0.25, -0.2) is 13.6 Å². The van der Waals surface area contributed by atoms with Gasteiger partial charge in [0.25, 0.3) is 0 Å². The average Bonchev–Trinajstić information content (AvgIpc) is 2.97. The molecule has 1 aromatic heterocycles. The van der Waals surface area contributed by atoms with Crippen LogP contribution in [-0.2, 0) is 14.4 Å². The van der Waals surface area contributed by atoms with Crippen LogP contribution in [0, 0.1) is 17.6 Å². The molecule has 5 rings (SSSR count). The minimum Gasteiger partial charge on any atom is -0.478 e. The summed E-state index contributed by atoms with van der Waals surface area (Å²) in [6.07, 6.45) is 7.06. The average molecular weight is 607 g/mol. The number of amides is 2. The van der Waals surface area contributed by atoms with E-state index in [1.807, 2.05) is 13.0 Å². The molecule has 2 aliphatic heterocycles. The van der Waals surface area contributed by atoms with E-state index in [9.17, 15) is 23.2 Å². The van der Waals surface area contributed by atoms with E-state index >= 15 is 0 Å². The van der Waals surface area contributed by atoms with Crippen LogP contribution >= 0.6 is 11.6 Å². The first-order valence-electron chi connectivity index (χ1n) is 13.8. The molecular weight excluding hydrogens is 578 g/mol. The van der Waals surface area contributed by atoms with Crippen molar-refractivity contribution in [3.63, 3.8) is 0 Å². The zero-order valence-electron chi connectivity index (χ0n) is 23.2. The second-order valence-corrected chi connectivity index (χ2v) is 11.1. The second kappa shape index (κ2) is 12.3. The Bertz CT molecular complexity index is 1690. The fraction of sp³-hybridized carbons (Fsp3) is 0.250. The molecule has 0 unspecified atom stereocenters. The van der Waals surface area contributed by atoms with Gasteiger partial charge in [-0.3, -0.25) is 14.6 Å². The maximum absolute atomic E-state index is 14.7. The minimum atomic E-state index is -1.13. The van der Waals surface area contributed by atoms with Gasteiger partial charge >= 0.3 is 5.97 Å². The van der Waals surface area contributed by atoms with Gasteiger partial charge in [-0.2, -0.15) is 0 Å². The molecule has 0 radical (unpaired) electrons. The van der Waals surface area contributed by atoms with E-state index in [1.165, 1.54) is 12.2 Å². The molecule has 0 saturated carbocycles. The predicted octanol–water partition coefficient (Wildman–Crippen LogP) is 6.48. The quantitative estimate of drug-likeness (QED) is 0.177. The number of benzene rings is 2. The molecule has 4 N–H and O–H groups in total. The lowest BCUT2D eigenvalue weighted by Crippen LogP contribution is -2.38. The third-order valence-corrected chi connectivity index (χ3v) is 8.12. The summed E-state index contributed by atoms with van der Waals surface area (Å²) in [5.41, 5.74) is 9.22. The lowest BCUT2D eigenvalue weighted by atomic mass is 9.92. The zero-order chi connectivity index (χ0) is 30.8. The molecule has 3 aromatic rings. The molecule has 43 heavy (non-hydrogen) atoms. The Morgan fingerprint density at radius 2 is 1.98 bits per heavy atom. The van der Waals surface area contributed by atoms with Crippen LogP contribution in [-0.4, -0.2) is 39.3 Å². The maximum atomic E-state index is 14.7. The summed E-state index contributed by atoms with van der Waals surface area (Å²) in [4.78, 5) is 44.0. The van der Waals surface area contributed by atoms with Crippen molar-refractivity contribution in [2.45, 2.75) is 38.6 Å². The number of nitrogens with zero attached hydrogens (tertiary/aromatic N) is 2. The van der Waals surface area contributed by atoms with E-state index in [-0.39, 0.29) is 46.6 Å². The number of carbonyl (C=O) groups excluding carboxylic acids is 2. The molecule has 0 spiro atoms. The number of fused-ring (bicyclic) bond motifs is 4. The van der Waals surface area contributed by atoms with Crippen LogP contribution in [0.3, 0.4) is 0 Å². The van der Waals surface area contributed by atoms with Crippen molar-refractivity contribution in [2.24, 2.45) is 5.92 Å². The first kappa shape index (κ1) is 29.9. The number of pyridine rings is 1. The van der Waals surface area contributed by atoms with Crippen molar-refractivity contribution < 1.29 is 28.3 Å². The van der Waals surface area contributed by atoms with Gasteiger partial charge in [0.15, 0.2) is 5.82 Å². The topological polar surface area (TPSA) is 126 Å². The second-order valence-electron chi connectivity index (χ2n) is 10.7. The highest BCUT2D eigenvalue weighted by molar-refractivity contribution is 6.31. The number of anilines is 2. The fourth-order valence-corrected chi connectivity index (χ4v) is 5.69. The third-order valence-electron chi connectivity index (χ3n) is 7.83. The highest BCUT2D eigenvalue weighted by Crippen LogP contribution is 2.38. The number of aliphatic carboxylic acids is 1. The molecule has 2 bridgehead atoms. The molecule has 222 valence electrons. The van der Waals surface area contributed by atoms with Gasteiger partial charge < -0.3 is 21.1 Å². The number of nitrogens with two attached hydrogens (primary N) is 1. The maximum Gasteiger partial charge on any atom is 0.328 e. The van der Waals surface area contributed by atoms with Crippen LogP contribution in [0.5, 0.6) is 0 Å². The standard InChI is InChI=1S/C32H29ClF2N4O4/c1-17-3-2-4-27(39-12-10-20(15-28(39)40)30-23(34)7-6-22(33)31(30)35)26-14-18(9-11-37-26)21-13-19(5-8-29(41)42)24(36)16-25(21)38-32(17)43/h5-9,11,13-17,27H,2-4,10,12,36H2,1H3,(H,38,43)(H,41,42)/b8-5+/t17-,27+/m1/s1. The number of hydrogen-bond donors (Lipinski definition) is 3. The molecular formula is C32H29ClF2N4O4. The summed E-state index contributed by atoms with van der Waals surface area (Å²) in [6.45, 7) is 2.01. The van der Waals surface area contributed by atoms with Crippen LogP contribution in [0.2, 0.25) is 5.02 Å². The van der Waals surface area contributed by atoms with Crippen LogP contribution in [0.15, 0.2) is 54.7 Å². The number of halogens is 3. The van der Waals surface area contributed by atoms with Crippen molar-refractivity contribution in [3.05, 3.63) is 88.2 Å². The van der Waals surface area contributed by atoms with Gasteiger partial charge in [-0.1, -0.05) is 24.9 Å². The Balaban J connectivity index is 1.57. The molecule has 2 aromatic carbocycles. The van der Waals surface area contributed by atoms with Crippen molar-refractivity contribution in [1.82, 2.24) is 9.88 Å². The van der Waals surface area contributed by atoms with Crippen molar-refractivity contribution in [2.75, 3.05) is 17.6 Å². The number of carboxylic acid groups (broad SMARTS) is 1. The molecule has 0 aliphatic carbocycles. The number of aromatic nitrogens is 1. The molecule has 0 saturated heterocycles. The minimum absolute atomic E-state index is 0.194. The molecule has 8 nitrogen and oxygen atoms in total. The Morgan fingerprint density at radius 1 is 1.19 bits per heavy atom. The summed E-state index contributed by atoms with van der Waals surface area (Å²) in [6, 6.07) is 8.61. The van der Waals surface area contributed by atoms with Crippen LogP contribution in [0.25, 0.3) is 22.8 Å². The van der Waals surface area contributed by atoms with Gasteiger partial charge in [0.2, 0.25) is 11.8 Å². The monoisotopic (exact) mass is 606 g/mol. The number of hydrogen-bond acceptors (Lipinski definition) is 5. The SMILES string of the molecule is C[C@@H]1CCC[C@H](N2CCC(c3c(F)ccc(Cl)c3F)=CC2=O)c2cc(ccn2)-c2cc(/C=C/C(=O)O)c(N)cc2NC1=O. The number of carboxylic acids is 1. The Morgan fingerprint density at radius 3 is 2.72 bits per heavy atom. The van der Waals surface area contributed by atoms with E-state index in [0.29, 0.717) is 47.3 Å². The van der Waals surface area contributed by atoms with Gasteiger partial charge in [0, 0.05) is 42.1 Å². The first-order valence-corrected chi connectivity index (χ1v) is 14.2. The Kier molecular flexibility index (Phi) is 8.59. The third kappa shape index (κ3) is 6.29. The molecule has 3 heterocycles. The molecule has 2 aliphatic rings. The number of rotatable bonds is 4. The summed E-state index contributed by atoms with van der Waals surface area (Å²) in [5, 5.41) is 11.8. The molecule has 2 atom stereocenters. The lowest BCUT2D eigenvalue weighted by Gasteiger charge is -2.34. The number of nitrogen functional groups attached to an aromatic ring is 1. The lowest BCUT2D eigenvalue weighted by molar-refractivity contribution is -0.131. The van der Waals surface area contributed by atoms with Crippen LogP contribution in [0.4, 0.5) is 20.2 Å². The molecule has 2 amide bonds. The van der Waals surface area contributed by atoms with Crippen molar-refractivity contribution in [3.8, 4) is 11.1 Å². The van der Waals surface area contributed by atoms with E-state index in [2.05, 4.69) is 10.3 Å². The smallest absolute Gasteiger partial charge is 0.328 e. The number of carbonyl (C=O) groups is 3. The van der Waals surface area contributed by atoms with E-state index in [1.54, 1.807) is 29.3 Å². The Hall–Kier alpha value is -4.57. The largest absolute Gasteiger partial charge is 0.478 e. The normalized spacial score (nSPS) is 19.3. The van der Waals surface area contributed by atoms with Crippen molar-refractivity contribution in [1.29, 1.82) is 0 Å². The number of nitrogens with one attached hydrogen (secondary N) is 1. The van der Waals surface area contributed by atoms with Crippen LogP contribution < -0.4 is 11.1 Å². The van der Waals surface area contributed by atoms with Gasteiger partial charge in [0.05, 0.1) is 28.0 Å².